The summed E-state index contributed by atoms with van der Waals surface area (Å²) in [5.74, 6) is 0.309. The summed E-state index contributed by atoms with van der Waals surface area (Å²) < 4.78 is 0. The van der Waals surface area contributed by atoms with Gasteiger partial charge in [0.1, 0.15) is 0 Å². The van der Waals surface area contributed by atoms with E-state index in [0.29, 0.717) is 5.92 Å². The van der Waals surface area contributed by atoms with Crippen LogP contribution in [0.1, 0.15) is 25.5 Å². The molecule has 0 bridgehead atoms. The van der Waals surface area contributed by atoms with Gasteiger partial charge in [0, 0.05) is 11.8 Å². The number of nitrogens with zero attached hydrogens (tertiary/aromatic N) is 1. The van der Waals surface area contributed by atoms with E-state index in [1.165, 1.54) is 6.20 Å². The second kappa shape index (κ2) is 2.74. The predicted octanol–water partition coefficient (Wildman–Crippen LogP) is 2.05. The molecule has 0 aliphatic heterocycles. The molecule has 4 heteroatoms. The van der Waals surface area contributed by atoms with Crippen LogP contribution < -0.4 is 0 Å². The average Bonchev–Trinajstić information content (AvgIpc) is 2.33. The van der Waals surface area contributed by atoms with E-state index in [9.17, 15) is 10.1 Å². The smallest absolute Gasteiger partial charge is 0.286 e. The van der Waals surface area contributed by atoms with Crippen LogP contribution in [-0.2, 0) is 0 Å². The molecule has 0 aliphatic rings. The zero-order valence-corrected chi connectivity index (χ0v) is 6.50. The molecule has 1 N–H and O–H groups in total. The molecule has 0 atom stereocenters. The minimum atomic E-state index is -0.400. The molecule has 0 amide bonds. The van der Waals surface area contributed by atoms with Gasteiger partial charge in [-0.25, -0.2) is 0 Å². The monoisotopic (exact) mass is 154 g/mol. The molecule has 0 saturated heterocycles. The number of H-pyrrole nitrogens is 1. The third-order valence-electron chi connectivity index (χ3n) is 1.52. The highest BCUT2D eigenvalue weighted by atomic mass is 16.6. The topological polar surface area (TPSA) is 58.9 Å². The second-order valence-corrected chi connectivity index (χ2v) is 2.73. The molecule has 4 nitrogen and oxygen atoms in total. The molecule has 1 rings (SSSR count). The summed E-state index contributed by atoms with van der Waals surface area (Å²) in [4.78, 5) is 12.7. The van der Waals surface area contributed by atoms with Crippen molar-refractivity contribution in [2.75, 3.05) is 0 Å². The summed E-state index contributed by atoms with van der Waals surface area (Å²) in [5.41, 5.74) is 1.03. The lowest BCUT2D eigenvalue weighted by Gasteiger charge is -1.96. The van der Waals surface area contributed by atoms with Gasteiger partial charge in [-0.2, -0.15) is 0 Å². The highest BCUT2D eigenvalue weighted by Gasteiger charge is 2.09. The first-order chi connectivity index (χ1) is 5.11. The molecule has 0 radical (unpaired) electrons. The third-order valence-corrected chi connectivity index (χ3v) is 1.52. The Kier molecular flexibility index (Phi) is 1.94. The fraction of sp³-hybridized carbons (Fsp3) is 0.429. The van der Waals surface area contributed by atoms with E-state index in [1.807, 2.05) is 13.8 Å². The minimum Gasteiger partial charge on any atom is -0.359 e. The Morgan fingerprint density at radius 2 is 2.27 bits per heavy atom. The van der Waals surface area contributed by atoms with Crippen LogP contribution >= 0.6 is 0 Å². The molecular formula is C7H10N2O2. The van der Waals surface area contributed by atoms with Gasteiger partial charge >= 0.3 is 0 Å². The quantitative estimate of drug-likeness (QED) is 0.523. The Hall–Kier alpha value is -1.32. The fourth-order valence-electron chi connectivity index (χ4n) is 0.839. The largest absolute Gasteiger partial charge is 0.359 e. The van der Waals surface area contributed by atoms with E-state index in [-0.39, 0.29) is 5.69 Å². The molecule has 0 aromatic carbocycles. The standard InChI is InChI=1S/C7H10N2O2/c1-5(2)7-3-6(4-8-7)9(10)11/h3-5,8H,1-2H3. The number of rotatable bonds is 2. The first-order valence-corrected chi connectivity index (χ1v) is 3.44. The van der Waals surface area contributed by atoms with Crippen LogP contribution in [0.5, 0.6) is 0 Å². The van der Waals surface area contributed by atoms with E-state index in [1.54, 1.807) is 6.07 Å². The van der Waals surface area contributed by atoms with Crippen molar-refractivity contribution in [1.29, 1.82) is 0 Å². The Morgan fingerprint density at radius 1 is 1.64 bits per heavy atom. The molecule has 1 aromatic heterocycles. The summed E-state index contributed by atoms with van der Waals surface area (Å²) in [7, 11) is 0. The molecular weight excluding hydrogens is 144 g/mol. The van der Waals surface area contributed by atoms with Gasteiger partial charge in [-0.15, -0.1) is 0 Å². The highest BCUT2D eigenvalue weighted by Crippen LogP contribution is 2.18. The van der Waals surface area contributed by atoms with Crippen LogP contribution in [0.25, 0.3) is 0 Å². The lowest BCUT2D eigenvalue weighted by molar-refractivity contribution is -0.384. The van der Waals surface area contributed by atoms with Crippen molar-refractivity contribution in [2.45, 2.75) is 19.8 Å². The summed E-state index contributed by atoms with van der Waals surface area (Å²) in [5, 5.41) is 10.2. The molecule has 1 heterocycles. The maximum absolute atomic E-state index is 10.2. The van der Waals surface area contributed by atoms with Crippen LogP contribution in [0.2, 0.25) is 0 Å². The summed E-state index contributed by atoms with van der Waals surface area (Å²) in [6.07, 6.45) is 1.41. The number of aromatic amines is 1. The summed E-state index contributed by atoms with van der Waals surface area (Å²) >= 11 is 0. The van der Waals surface area contributed by atoms with Crippen LogP contribution in [0.4, 0.5) is 5.69 Å². The van der Waals surface area contributed by atoms with Gasteiger partial charge < -0.3 is 4.98 Å². The average molecular weight is 154 g/mol. The van der Waals surface area contributed by atoms with Gasteiger partial charge in [0.25, 0.3) is 5.69 Å². The molecule has 0 saturated carbocycles. The number of nitrogens with one attached hydrogen (secondary N) is 1. The number of aromatic nitrogens is 1. The molecule has 0 aliphatic carbocycles. The molecule has 1 aromatic rings. The van der Waals surface area contributed by atoms with Crippen molar-refractivity contribution in [3.63, 3.8) is 0 Å². The van der Waals surface area contributed by atoms with Gasteiger partial charge in [-0.3, -0.25) is 10.1 Å². The summed E-state index contributed by atoms with van der Waals surface area (Å²) in [6.45, 7) is 3.96. The van der Waals surface area contributed by atoms with E-state index in [4.69, 9.17) is 0 Å². The molecule has 0 unspecified atom stereocenters. The second-order valence-electron chi connectivity index (χ2n) is 2.73. The Bertz CT molecular complexity index is 265. The van der Waals surface area contributed by atoms with Gasteiger partial charge in [-0.05, 0) is 5.92 Å². The Labute approximate surface area is 64.4 Å². The van der Waals surface area contributed by atoms with Crippen molar-refractivity contribution in [1.82, 2.24) is 4.98 Å². The fourth-order valence-corrected chi connectivity index (χ4v) is 0.839. The first kappa shape index (κ1) is 7.78. The number of hydrogen-bond donors (Lipinski definition) is 1. The van der Waals surface area contributed by atoms with Crippen LogP contribution in [0.3, 0.4) is 0 Å². The van der Waals surface area contributed by atoms with Crippen LogP contribution in [-0.4, -0.2) is 9.91 Å². The van der Waals surface area contributed by atoms with Crippen molar-refractivity contribution in [3.05, 3.63) is 28.1 Å². The van der Waals surface area contributed by atoms with E-state index >= 15 is 0 Å². The van der Waals surface area contributed by atoms with Crippen molar-refractivity contribution < 1.29 is 4.92 Å². The molecule has 0 spiro atoms. The molecule has 60 valence electrons. The highest BCUT2D eigenvalue weighted by molar-refractivity contribution is 5.31. The Balaban J connectivity index is 2.90. The van der Waals surface area contributed by atoms with E-state index < -0.39 is 4.92 Å². The van der Waals surface area contributed by atoms with Crippen LogP contribution in [0.15, 0.2) is 12.3 Å². The normalized spacial score (nSPS) is 10.5. The maximum atomic E-state index is 10.2. The summed E-state index contributed by atoms with van der Waals surface area (Å²) in [6, 6.07) is 1.56. The molecule has 11 heavy (non-hydrogen) atoms. The maximum Gasteiger partial charge on any atom is 0.286 e. The predicted molar refractivity (Wildman–Crippen MR) is 41.5 cm³/mol. The minimum absolute atomic E-state index is 0.133. The zero-order chi connectivity index (χ0) is 8.43. The number of hydrogen-bond acceptors (Lipinski definition) is 2. The van der Waals surface area contributed by atoms with Crippen molar-refractivity contribution in [3.8, 4) is 0 Å². The van der Waals surface area contributed by atoms with Gasteiger partial charge in [-0.1, -0.05) is 13.8 Å². The molecule has 0 fully saturated rings. The first-order valence-electron chi connectivity index (χ1n) is 3.44. The lowest BCUT2D eigenvalue weighted by atomic mass is 10.1. The Morgan fingerprint density at radius 3 is 2.55 bits per heavy atom. The lowest BCUT2D eigenvalue weighted by Crippen LogP contribution is -1.85. The van der Waals surface area contributed by atoms with Crippen molar-refractivity contribution >= 4 is 5.69 Å². The zero-order valence-electron chi connectivity index (χ0n) is 6.50. The van der Waals surface area contributed by atoms with Crippen molar-refractivity contribution in [2.24, 2.45) is 0 Å². The van der Waals surface area contributed by atoms with E-state index in [2.05, 4.69) is 4.98 Å². The number of nitro groups is 1. The third kappa shape index (κ3) is 1.58. The SMILES string of the molecule is CC(C)c1cc([N+](=O)[O-])c[nH]1. The van der Waals surface area contributed by atoms with Gasteiger partial charge in [0.15, 0.2) is 0 Å². The van der Waals surface area contributed by atoms with E-state index in [0.717, 1.165) is 5.69 Å². The van der Waals surface area contributed by atoms with Gasteiger partial charge in [0.2, 0.25) is 0 Å². The van der Waals surface area contributed by atoms with Crippen LogP contribution in [0, 0.1) is 10.1 Å². The van der Waals surface area contributed by atoms with Gasteiger partial charge in [0.05, 0.1) is 11.1 Å².